The lowest BCUT2D eigenvalue weighted by atomic mass is 9.86. The number of carboxylic acid groups (broad SMARTS) is 1. The van der Waals surface area contributed by atoms with Crippen LogP contribution in [-0.4, -0.2) is 57.4 Å². The summed E-state index contributed by atoms with van der Waals surface area (Å²) in [5.41, 5.74) is 0. The maximum absolute atomic E-state index is 10.6. The summed E-state index contributed by atoms with van der Waals surface area (Å²) in [6.07, 6.45) is 2.63. The van der Waals surface area contributed by atoms with Crippen molar-refractivity contribution in [1.29, 1.82) is 0 Å². The highest BCUT2D eigenvalue weighted by atomic mass is 16.5. The summed E-state index contributed by atoms with van der Waals surface area (Å²) >= 11 is 0. The molecular weight excluding hydrogens is 288 g/mol. The molecule has 1 rings (SSSR count). The summed E-state index contributed by atoms with van der Waals surface area (Å²) in [6.45, 7) is 2.16. The molecule has 0 aromatic carbocycles. The van der Waals surface area contributed by atoms with Crippen molar-refractivity contribution in [2.45, 2.75) is 82.7 Å². The molecule has 0 amide bonds. The maximum Gasteiger partial charge on any atom is 0.303 e. The van der Waals surface area contributed by atoms with E-state index in [0.29, 0.717) is 12.8 Å². The van der Waals surface area contributed by atoms with Gasteiger partial charge in [-0.05, 0) is 25.2 Å². The number of rotatable bonds is 10. The first-order valence-electron chi connectivity index (χ1n) is 8.33. The summed E-state index contributed by atoms with van der Waals surface area (Å²) in [5, 5.41) is 38.0. The van der Waals surface area contributed by atoms with Crippen LogP contribution in [0.1, 0.15) is 58.3 Å². The van der Waals surface area contributed by atoms with Crippen LogP contribution in [0.15, 0.2) is 0 Å². The van der Waals surface area contributed by atoms with Crippen LogP contribution < -0.4 is 0 Å². The van der Waals surface area contributed by atoms with Gasteiger partial charge in [0.1, 0.15) is 18.3 Å². The number of hydrogen-bond donors (Lipinski definition) is 4. The van der Waals surface area contributed by atoms with Gasteiger partial charge < -0.3 is 25.2 Å². The molecule has 5 atom stereocenters. The smallest absolute Gasteiger partial charge is 0.303 e. The van der Waals surface area contributed by atoms with Crippen LogP contribution in [0.4, 0.5) is 0 Å². The fraction of sp³-hybridized carbons (Fsp3) is 0.938. The number of hydrogen-bond acceptors (Lipinski definition) is 5. The van der Waals surface area contributed by atoms with Crippen LogP contribution in [0.5, 0.6) is 0 Å². The van der Waals surface area contributed by atoms with E-state index in [9.17, 15) is 20.1 Å². The topological polar surface area (TPSA) is 107 Å². The highest BCUT2D eigenvalue weighted by molar-refractivity contribution is 5.66. The fourth-order valence-corrected chi connectivity index (χ4v) is 3.01. The predicted molar refractivity (Wildman–Crippen MR) is 81.5 cm³/mol. The van der Waals surface area contributed by atoms with Gasteiger partial charge in [0.15, 0.2) is 0 Å². The van der Waals surface area contributed by atoms with Crippen molar-refractivity contribution in [3.8, 4) is 0 Å². The van der Waals surface area contributed by atoms with Crippen molar-refractivity contribution in [3.05, 3.63) is 0 Å². The van der Waals surface area contributed by atoms with E-state index in [1.54, 1.807) is 0 Å². The highest BCUT2D eigenvalue weighted by Gasteiger charge is 2.38. The van der Waals surface area contributed by atoms with Gasteiger partial charge in [-0.3, -0.25) is 4.79 Å². The van der Waals surface area contributed by atoms with Gasteiger partial charge in [0.05, 0.1) is 12.7 Å². The van der Waals surface area contributed by atoms with Gasteiger partial charge >= 0.3 is 5.97 Å². The number of ether oxygens (including phenoxy) is 1. The molecule has 0 bridgehead atoms. The average molecular weight is 318 g/mol. The molecule has 4 N–H and O–H groups in total. The monoisotopic (exact) mass is 318 g/mol. The van der Waals surface area contributed by atoms with Crippen molar-refractivity contribution in [2.24, 2.45) is 5.92 Å². The van der Waals surface area contributed by atoms with E-state index < -0.39 is 30.4 Å². The highest BCUT2D eigenvalue weighted by Crippen LogP contribution is 2.27. The van der Waals surface area contributed by atoms with Gasteiger partial charge in [0.2, 0.25) is 0 Å². The summed E-state index contributed by atoms with van der Waals surface area (Å²) in [5.74, 6) is -0.521. The number of aliphatic hydroxyl groups is 3. The number of aliphatic carboxylic acids is 1. The third-order valence-electron chi connectivity index (χ3n) is 4.39. The quantitative estimate of drug-likeness (QED) is 0.452. The molecular formula is C16H30O6. The Morgan fingerprint density at radius 2 is 1.82 bits per heavy atom. The van der Waals surface area contributed by atoms with Crippen LogP contribution in [0, 0.1) is 5.92 Å². The number of unbranched alkanes of at least 4 members (excludes halogenated alkanes) is 2. The van der Waals surface area contributed by atoms with Gasteiger partial charge in [-0.2, -0.15) is 0 Å². The Labute approximate surface area is 132 Å². The minimum absolute atomic E-state index is 0.0275. The van der Waals surface area contributed by atoms with Crippen LogP contribution in [0.25, 0.3) is 0 Å². The number of carbonyl (C=O) groups is 1. The number of aliphatic hydroxyl groups excluding tert-OH is 3. The van der Waals surface area contributed by atoms with Crippen LogP contribution >= 0.6 is 0 Å². The third-order valence-corrected chi connectivity index (χ3v) is 4.39. The molecule has 1 saturated heterocycles. The standard InChI is InChI=1S/C16H30O6/c1-2-3-4-6-11(7-5-8-14(18)19)9-13-16(21)15(20)12(17)10-22-13/h11-13,15-17,20-21H,2-10H2,1H3,(H,18,19). The van der Waals surface area contributed by atoms with E-state index in [4.69, 9.17) is 9.84 Å². The second-order valence-electron chi connectivity index (χ2n) is 6.30. The van der Waals surface area contributed by atoms with E-state index in [2.05, 4.69) is 6.92 Å². The Morgan fingerprint density at radius 3 is 2.45 bits per heavy atom. The Hall–Kier alpha value is -0.690. The molecule has 1 heterocycles. The zero-order valence-corrected chi connectivity index (χ0v) is 13.4. The van der Waals surface area contributed by atoms with Gasteiger partial charge in [-0.1, -0.05) is 32.6 Å². The summed E-state index contributed by atoms with van der Waals surface area (Å²) in [6, 6.07) is 0. The van der Waals surface area contributed by atoms with Crippen LogP contribution in [0.3, 0.4) is 0 Å². The molecule has 0 spiro atoms. The van der Waals surface area contributed by atoms with Crippen molar-refractivity contribution in [3.63, 3.8) is 0 Å². The van der Waals surface area contributed by atoms with Gasteiger partial charge in [0, 0.05) is 6.42 Å². The van der Waals surface area contributed by atoms with Crippen LogP contribution in [-0.2, 0) is 9.53 Å². The molecule has 130 valence electrons. The van der Waals surface area contributed by atoms with E-state index >= 15 is 0 Å². The Morgan fingerprint density at radius 1 is 1.14 bits per heavy atom. The minimum Gasteiger partial charge on any atom is -0.481 e. The van der Waals surface area contributed by atoms with E-state index in [-0.39, 0.29) is 18.9 Å². The molecule has 1 fully saturated rings. The summed E-state index contributed by atoms with van der Waals surface area (Å²) in [4.78, 5) is 10.6. The second kappa shape index (κ2) is 10.2. The average Bonchev–Trinajstić information content (AvgIpc) is 2.47. The fourth-order valence-electron chi connectivity index (χ4n) is 3.01. The third kappa shape index (κ3) is 6.60. The van der Waals surface area contributed by atoms with Gasteiger partial charge in [-0.25, -0.2) is 0 Å². The molecule has 0 aromatic heterocycles. The van der Waals surface area contributed by atoms with Crippen molar-refractivity contribution < 1.29 is 30.0 Å². The normalized spacial score (nSPS) is 30.2. The minimum atomic E-state index is -1.17. The van der Waals surface area contributed by atoms with Crippen molar-refractivity contribution in [1.82, 2.24) is 0 Å². The van der Waals surface area contributed by atoms with E-state index in [1.165, 1.54) is 0 Å². The lowest BCUT2D eigenvalue weighted by Crippen LogP contribution is -2.53. The zero-order chi connectivity index (χ0) is 16.5. The molecule has 22 heavy (non-hydrogen) atoms. The van der Waals surface area contributed by atoms with E-state index in [1.807, 2.05) is 0 Å². The first kappa shape index (κ1) is 19.4. The molecule has 6 heteroatoms. The Bertz CT molecular complexity index is 322. The van der Waals surface area contributed by atoms with Gasteiger partial charge in [-0.15, -0.1) is 0 Å². The molecule has 0 radical (unpaired) electrons. The summed E-state index contributed by atoms with van der Waals surface area (Å²) in [7, 11) is 0. The predicted octanol–water partition coefficient (Wildman–Crippen LogP) is 1.31. The molecule has 0 aliphatic carbocycles. The molecule has 0 aromatic rings. The first-order valence-corrected chi connectivity index (χ1v) is 8.33. The molecule has 5 unspecified atom stereocenters. The first-order chi connectivity index (χ1) is 10.5. The van der Waals surface area contributed by atoms with Crippen molar-refractivity contribution in [2.75, 3.05) is 6.61 Å². The van der Waals surface area contributed by atoms with E-state index in [0.717, 1.165) is 32.1 Å². The molecule has 1 aliphatic rings. The van der Waals surface area contributed by atoms with Crippen LogP contribution in [0.2, 0.25) is 0 Å². The largest absolute Gasteiger partial charge is 0.481 e. The molecule has 1 aliphatic heterocycles. The Kier molecular flexibility index (Phi) is 8.93. The van der Waals surface area contributed by atoms with Gasteiger partial charge in [0.25, 0.3) is 0 Å². The Balaban J connectivity index is 2.48. The zero-order valence-electron chi connectivity index (χ0n) is 13.4. The SMILES string of the molecule is CCCCCC(CCCC(=O)O)CC1OCC(O)C(O)C1O. The lowest BCUT2D eigenvalue weighted by molar-refractivity contribution is -0.191. The second-order valence-corrected chi connectivity index (χ2v) is 6.30. The van der Waals surface area contributed by atoms with Crippen molar-refractivity contribution >= 4 is 5.97 Å². The molecule has 6 nitrogen and oxygen atoms in total. The maximum atomic E-state index is 10.6. The molecule has 0 saturated carbocycles. The summed E-state index contributed by atoms with van der Waals surface area (Å²) < 4.78 is 5.46. The number of carboxylic acids is 1. The lowest BCUT2D eigenvalue weighted by Gasteiger charge is -2.37.